The molecule has 9 aromatic rings. The first-order chi connectivity index (χ1) is 24.3. The van der Waals surface area contributed by atoms with Crippen molar-refractivity contribution in [1.82, 2.24) is 9.13 Å². The normalized spacial score (nSPS) is 13.6. The lowest BCUT2D eigenvalue weighted by molar-refractivity contribution is 1.02. The van der Waals surface area contributed by atoms with Crippen LogP contribution in [0.2, 0.25) is 0 Å². The Hall–Kier alpha value is -6.45. The summed E-state index contributed by atoms with van der Waals surface area (Å²) in [6, 6.07) is 61.8. The first-order valence-electron chi connectivity index (χ1n) is 16.8. The van der Waals surface area contributed by atoms with E-state index in [2.05, 4.69) is 138 Å². The number of aromatic nitrogens is 2. The fourth-order valence-corrected chi connectivity index (χ4v) is 8.10. The van der Waals surface area contributed by atoms with Gasteiger partial charge in [0.05, 0.1) is 21.9 Å². The summed E-state index contributed by atoms with van der Waals surface area (Å²) < 4.78 is 4.14. The van der Waals surface area contributed by atoms with Gasteiger partial charge in [-0.3, -0.25) is 9.36 Å². The second-order valence-electron chi connectivity index (χ2n) is 12.9. The Kier molecular flexibility index (Phi) is 6.09. The van der Waals surface area contributed by atoms with Crippen molar-refractivity contribution in [1.29, 1.82) is 0 Å². The van der Waals surface area contributed by atoms with Crippen LogP contribution in [-0.4, -0.2) is 9.13 Å². The van der Waals surface area contributed by atoms with E-state index >= 15 is 0 Å². The molecule has 0 amide bonds. The molecular formula is C46H30N2O. The summed E-state index contributed by atoms with van der Waals surface area (Å²) in [4.78, 5) is 14.7. The fourth-order valence-electron chi connectivity index (χ4n) is 8.10. The highest BCUT2D eigenvalue weighted by Gasteiger charge is 2.30. The highest BCUT2D eigenvalue weighted by Crippen LogP contribution is 2.49. The quantitative estimate of drug-likeness (QED) is 0.191. The largest absolute Gasteiger partial charge is 0.308 e. The molecule has 0 radical (unpaired) electrons. The number of pyridine rings is 1. The van der Waals surface area contributed by atoms with Crippen LogP contribution in [0, 0.1) is 0 Å². The summed E-state index contributed by atoms with van der Waals surface area (Å²) in [5.74, 6) is 0.208. The van der Waals surface area contributed by atoms with Crippen LogP contribution in [0.15, 0.2) is 181 Å². The first kappa shape index (κ1) is 27.6. The summed E-state index contributed by atoms with van der Waals surface area (Å²) >= 11 is 0. The minimum Gasteiger partial charge on any atom is -0.308 e. The van der Waals surface area contributed by atoms with Crippen molar-refractivity contribution in [2.75, 3.05) is 0 Å². The molecule has 0 fully saturated rings. The van der Waals surface area contributed by atoms with E-state index in [0.717, 1.165) is 55.2 Å². The maximum absolute atomic E-state index is 14.7. The third-order valence-corrected chi connectivity index (χ3v) is 10.2. The number of nitrogens with zero attached hydrogens (tertiary/aromatic N) is 2. The standard InChI is InChI=1S/C46H30N2O/c49-46-44-38-22-12-13-23-41(38)47(33-16-6-2-7-17-33)45(44)40-29-32(25-27-42(40)48(46)34-18-8-3-9-19-34)31-24-26-37-39(28-31)35-20-10-11-21-36(35)43(37)30-14-4-1-5-15-30/h1-29,43H. The van der Waals surface area contributed by atoms with E-state index in [1.165, 1.54) is 27.8 Å². The molecule has 1 aliphatic carbocycles. The molecule has 10 rings (SSSR count). The zero-order valence-electron chi connectivity index (χ0n) is 26.6. The predicted octanol–water partition coefficient (Wildman–Crippen LogP) is 10.9. The Labute approximate surface area is 283 Å². The summed E-state index contributed by atoms with van der Waals surface area (Å²) in [5.41, 5.74) is 13.5. The molecule has 0 bridgehead atoms. The van der Waals surface area contributed by atoms with Crippen LogP contribution >= 0.6 is 0 Å². The molecule has 2 heterocycles. The molecule has 0 saturated heterocycles. The molecule has 0 saturated carbocycles. The average molecular weight is 627 g/mol. The van der Waals surface area contributed by atoms with Crippen LogP contribution in [-0.2, 0) is 0 Å². The fraction of sp³-hybridized carbons (Fsp3) is 0.0217. The summed E-state index contributed by atoms with van der Waals surface area (Å²) in [6.07, 6.45) is 0. The summed E-state index contributed by atoms with van der Waals surface area (Å²) in [7, 11) is 0. The Morgan fingerprint density at radius 2 is 1.00 bits per heavy atom. The van der Waals surface area contributed by atoms with Gasteiger partial charge < -0.3 is 4.57 Å². The zero-order chi connectivity index (χ0) is 32.5. The SMILES string of the molecule is O=c1c2c3ccccc3n(-c3ccccc3)c2c2cc(-c3ccc4c(c3)-c3ccccc3C4c3ccccc3)ccc2n1-c1ccccc1. The monoisotopic (exact) mass is 626 g/mol. The minimum absolute atomic E-state index is 0.0200. The molecule has 0 aliphatic heterocycles. The van der Waals surface area contributed by atoms with E-state index < -0.39 is 0 Å². The van der Waals surface area contributed by atoms with Crippen molar-refractivity contribution >= 4 is 32.7 Å². The molecule has 49 heavy (non-hydrogen) atoms. The van der Waals surface area contributed by atoms with Crippen LogP contribution < -0.4 is 5.56 Å². The van der Waals surface area contributed by atoms with Crippen molar-refractivity contribution in [3.05, 3.63) is 203 Å². The zero-order valence-corrected chi connectivity index (χ0v) is 26.6. The van der Waals surface area contributed by atoms with Crippen molar-refractivity contribution in [2.24, 2.45) is 0 Å². The summed E-state index contributed by atoms with van der Waals surface area (Å²) in [5, 5.41) is 2.70. The number of rotatable bonds is 4. The van der Waals surface area contributed by atoms with Crippen LogP contribution in [0.4, 0.5) is 0 Å². The van der Waals surface area contributed by atoms with Gasteiger partial charge in [0, 0.05) is 28.1 Å². The Balaban J connectivity index is 1.28. The molecule has 230 valence electrons. The van der Waals surface area contributed by atoms with Gasteiger partial charge in [0.1, 0.15) is 0 Å². The van der Waals surface area contributed by atoms with Crippen LogP contribution in [0.5, 0.6) is 0 Å². The molecule has 3 heteroatoms. The van der Waals surface area contributed by atoms with Gasteiger partial charge in [-0.2, -0.15) is 0 Å². The molecule has 3 nitrogen and oxygen atoms in total. The van der Waals surface area contributed by atoms with Crippen LogP contribution in [0.25, 0.3) is 66.3 Å². The molecule has 1 atom stereocenters. The smallest absolute Gasteiger partial charge is 0.265 e. The molecule has 2 aromatic heterocycles. The Morgan fingerprint density at radius 1 is 0.429 bits per heavy atom. The highest BCUT2D eigenvalue weighted by molar-refractivity contribution is 6.18. The van der Waals surface area contributed by atoms with E-state index in [4.69, 9.17) is 0 Å². The lowest BCUT2D eigenvalue weighted by atomic mass is 9.89. The predicted molar refractivity (Wildman–Crippen MR) is 202 cm³/mol. The maximum Gasteiger partial charge on any atom is 0.265 e. The van der Waals surface area contributed by atoms with Gasteiger partial charge >= 0.3 is 0 Å². The molecule has 0 spiro atoms. The third kappa shape index (κ3) is 4.12. The lowest BCUT2D eigenvalue weighted by Crippen LogP contribution is -2.19. The Bertz CT molecular complexity index is 2780. The van der Waals surface area contributed by atoms with Crippen molar-refractivity contribution < 1.29 is 0 Å². The van der Waals surface area contributed by atoms with E-state index in [-0.39, 0.29) is 11.5 Å². The van der Waals surface area contributed by atoms with Gasteiger partial charge in [-0.25, -0.2) is 0 Å². The second kappa shape index (κ2) is 10.8. The highest BCUT2D eigenvalue weighted by atomic mass is 16.1. The van der Waals surface area contributed by atoms with Crippen LogP contribution in [0.1, 0.15) is 22.6 Å². The molecule has 1 unspecified atom stereocenters. The molecule has 1 aliphatic rings. The number of para-hydroxylation sites is 3. The van der Waals surface area contributed by atoms with Gasteiger partial charge in [0.15, 0.2) is 0 Å². The van der Waals surface area contributed by atoms with Crippen molar-refractivity contribution in [3.8, 4) is 33.6 Å². The maximum atomic E-state index is 14.7. The van der Waals surface area contributed by atoms with E-state index in [1.807, 2.05) is 47.0 Å². The van der Waals surface area contributed by atoms with Crippen LogP contribution in [0.3, 0.4) is 0 Å². The minimum atomic E-state index is -0.0200. The number of hydrogen-bond donors (Lipinski definition) is 0. The topological polar surface area (TPSA) is 26.9 Å². The first-order valence-corrected chi connectivity index (χ1v) is 16.8. The number of fused-ring (bicyclic) bond motifs is 8. The second-order valence-corrected chi connectivity index (χ2v) is 12.9. The Morgan fingerprint density at radius 3 is 1.78 bits per heavy atom. The lowest BCUT2D eigenvalue weighted by Gasteiger charge is -2.16. The average Bonchev–Trinajstić information content (AvgIpc) is 3.69. The number of hydrogen-bond acceptors (Lipinski definition) is 1. The van der Waals surface area contributed by atoms with Gasteiger partial charge in [0.25, 0.3) is 5.56 Å². The van der Waals surface area contributed by atoms with Gasteiger partial charge in [0.2, 0.25) is 0 Å². The molecular weight excluding hydrogens is 597 g/mol. The van der Waals surface area contributed by atoms with Gasteiger partial charge in [-0.05, 0) is 87.5 Å². The third-order valence-electron chi connectivity index (χ3n) is 10.2. The van der Waals surface area contributed by atoms with Gasteiger partial charge in [-0.1, -0.05) is 127 Å². The van der Waals surface area contributed by atoms with E-state index in [1.54, 1.807) is 0 Å². The van der Waals surface area contributed by atoms with Crippen molar-refractivity contribution in [3.63, 3.8) is 0 Å². The molecule has 7 aromatic carbocycles. The van der Waals surface area contributed by atoms with E-state index in [9.17, 15) is 4.79 Å². The van der Waals surface area contributed by atoms with E-state index in [0.29, 0.717) is 0 Å². The van der Waals surface area contributed by atoms with Gasteiger partial charge in [-0.15, -0.1) is 0 Å². The van der Waals surface area contributed by atoms with Crippen molar-refractivity contribution in [2.45, 2.75) is 5.92 Å². The number of benzene rings is 7. The summed E-state index contributed by atoms with van der Waals surface area (Å²) in [6.45, 7) is 0. The molecule has 0 N–H and O–H groups in total.